The summed E-state index contributed by atoms with van der Waals surface area (Å²) in [5.74, 6) is -0.965. The van der Waals surface area contributed by atoms with E-state index >= 15 is 0 Å². The summed E-state index contributed by atoms with van der Waals surface area (Å²) in [6, 6.07) is 0. The van der Waals surface area contributed by atoms with Crippen molar-refractivity contribution in [3.05, 3.63) is 12.2 Å². The minimum absolute atomic E-state index is 0.00169. The first-order valence-corrected chi connectivity index (χ1v) is 6.82. The van der Waals surface area contributed by atoms with Crippen molar-refractivity contribution >= 4 is 5.97 Å². The van der Waals surface area contributed by atoms with Crippen LogP contribution in [0.15, 0.2) is 12.2 Å². The lowest BCUT2D eigenvalue weighted by Gasteiger charge is -2.36. The van der Waals surface area contributed by atoms with E-state index in [1.807, 2.05) is 0 Å². The van der Waals surface area contributed by atoms with Gasteiger partial charge in [0.15, 0.2) is 5.41 Å². The fraction of sp³-hybridized carbons (Fsp3) is 0.786. The van der Waals surface area contributed by atoms with Gasteiger partial charge in [-0.2, -0.15) is 26.3 Å². The number of carbonyl (C=O) groups excluding carboxylic acids is 1. The summed E-state index contributed by atoms with van der Waals surface area (Å²) in [7, 11) is 0. The number of ether oxygens (including phenoxy) is 1. The highest BCUT2D eigenvalue weighted by atomic mass is 19.4. The molecule has 2 nitrogen and oxygen atoms in total. The Kier molecular flexibility index (Phi) is 6.96. The number of halogens is 6. The largest absolute Gasteiger partial charge is 0.459 e. The number of carbonyl (C=O) groups is 1. The van der Waals surface area contributed by atoms with Crippen LogP contribution in [0.1, 0.15) is 46.5 Å². The molecule has 8 heteroatoms. The van der Waals surface area contributed by atoms with Gasteiger partial charge in [0.05, 0.1) is 0 Å². The average molecular weight is 334 g/mol. The summed E-state index contributed by atoms with van der Waals surface area (Å²) in [4.78, 5) is 11.6. The van der Waals surface area contributed by atoms with Crippen LogP contribution in [0.25, 0.3) is 0 Å². The number of rotatable bonds is 7. The Morgan fingerprint density at radius 2 is 1.55 bits per heavy atom. The van der Waals surface area contributed by atoms with Crippen molar-refractivity contribution in [1.82, 2.24) is 0 Å². The van der Waals surface area contributed by atoms with Crippen LogP contribution in [0.4, 0.5) is 26.3 Å². The monoisotopic (exact) mass is 334 g/mol. The smallest absolute Gasteiger partial charge is 0.403 e. The third kappa shape index (κ3) is 4.91. The summed E-state index contributed by atoms with van der Waals surface area (Å²) in [6.07, 6.45) is -13.4. The zero-order valence-corrected chi connectivity index (χ0v) is 12.7. The Hall–Kier alpha value is -1.21. The van der Waals surface area contributed by atoms with Gasteiger partial charge < -0.3 is 4.74 Å². The van der Waals surface area contributed by atoms with Crippen LogP contribution in [0.2, 0.25) is 0 Å². The van der Waals surface area contributed by atoms with Gasteiger partial charge >= 0.3 is 18.3 Å². The van der Waals surface area contributed by atoms with Crippen molar-refractivity contribution in [2.75, 3.05) is 0 Å². The lowest BCUT2D eigenvalue weighted by Crippen LogP contribution is -2.50. The first-order chi connectivity index (χ1) is 9.80. The van der Waals surface area contributed by atoms with E-state index in [-0.39, 0.29) is 31.8 Å². The van der Waals surface area contributed by atoms with Crippen LogP contribution in [0, 0.1) is 5.41 Å². The summed E-state index contributed by atoms with van der Waals surface area (Å²) in [5, 5.41) is 0. The molecule has 0 saturated heterocycles. The standard InChI is InChI=1S/C14H20F6O2/c1-5-7-10(22-11(21)9(3)6-2)8-12(4,13(15,16)17)14(18,19)20/h10H,3,5-8H2,1-2,4H3. The average Bonchev–Trinajstić information content (AvgIpc) is 2.35. The molecule has 0 aromatic heterocycles. The van der Waals surface area contributed by atoms with Crippen molar-refractivity contribution in [1.29, 1.82) is 0 Å². The van der Waals surface area contributed by atoms with Gasteiger partial charge in [0.25, 0.3) is 0 Å². The van der Waals surface area contributed by atoms with Gasteiger partial charge in [0.1, 0.15) is 6.10 Å². The number of hydrogen-bond acceptors (Lipinski definition) is 2. The van der Waals surface area contributed by atoms with E-state index in [9.17, 15) is 31.1 Å². The van der Waals surface area contributed by atoms with Crippen LogP contribution in [-0.2, 0) is 9.53 Å². The maximum atomic E-state index is 12.9. The summed E-state index contributed by atoms with van der Waals surface area (Å²) in [5.41, 5.74) is -3.94. The Morgan fingerprint density at radius 3 is 1.86 bits per heavy atom. The van der Waals surface area contributed by atoms with Crippen LogP contribution >= 0.6 is 0 Å². The van der Waals surface area contributed by atoms with Gasteiger partial charge in [0.2, 0.25) is 0 Å². The molecule has 0 N–H and O–H groups in total. The molecule has 0 bridgehead atoms. The molecule has 0 radical (unpaired) electrons. The van der Waals surface area contributed by atoms with Crippen LogP contribution < -0.4 is 0 Å². The summed E-state index contributed by atoms with van der Waals surface area (Å²) in [6.45, 7) is 6.60. The van der Waals surface area contributed by atoms with Gasteiger partial charge in [0, 0.05) is 12.0 Å². The van der Waals surface area contributed by atoms with E-state index in [1.54, 1.807) is 13.8 Å². The highest BCUT2D eigenvalue weighted by Gasteiger charge is 2.67. The quantitative estimate of drug-likeness (QED) is 0.364. The topological polar surface area (TPSA) is 26.3 Å². The molecular weight excluding hydrogens is 314 g/mol. The normalized spacial score (nSPS) is 14.6. The zero-order valence-electron chi connectivity index (χ0n) is 12.7. The second-order valence-electron chi connectivity index (χ2n) is 5.30. The molecule has 0 amide bonds. The number of hydrogen-bond donors (Lipinski definition) is 0. The predicted octanol–water partition coefficient (Wildman–Crippen LogP) is 5.19. The molecule has 0 aromatic rings. The molecule has 0 aliphatic rings. The van der Waals surface area contributed by atoms with Gasteiger partial charge in [-0.05, 0) is 19.8 Å². The molecule has 0 aliphatic carbocycles. The molecule has 0 aliphatic heterocycles. The molecule has 22 heavy (non-hydrogen) atoms. The van der Waals surface area contributed by atoms with Crippen molar-refractivity contribution in [3.8, 4) is 0 Å². The summed E-state index contributed by atoms with van der Waals surface area (Å²) < 4.78 is 82.1. The van der Waals surface area contributed by atoms with Crippen LogP contribution in [0.3, 0.4) is 0 Å². The Morgan fingerprint density at radius 1 is 1.09 bits per heavy atom. The molecule has 1 atom stereocenters. The minimum atomic E-state index is -5.49. The van der Waals surface area contributed by atoms with E-state index in [0.29, 0.717) is 0 Å². The molecule has 0 aromatic carbocycles. The fourth-order valence-corrected chi connectivity index (χ4v) is 1.75. The van der Waals surface area contributed by atoms with E-state index in [0.717, 1.165) is 0 Å². The maximum Gasteiger partial charge on any atom is 0.403 e. The molecule has 0 fully saturated rings. The molecule has 0 heterocycles. The Bertz CT molecular complexity index is 383. The Labute approximate surface area is 125 Å². The van der Waals surface area contributed by atoms with Crippen LogP contribution in [-0.4, -0.2) is 24.4 Å². The third-order valence-electron chi connectivity index (χ3n) is 3.49. The third-order valence-corrected chi connectivity index (χ3v) is 3.49. The lowest BCUT2D eigenvalue weighted by molar-refractivity contribution is -0.341. The lowest BCUT2D eigenvalue weighted by atomic mass is 9.81. The second kappa shape index (κ2) is 7.37. The Balaban J connectivity index is 5.35. The van der Waals surface area contributed by atoms with E-state index < -0.39 is 36.3 Å². The molecule has 0 spiro atoms. The molecule has 0 saturated carbocycles. The van der Waals surface area contributed by atoms with Crippen LogP contribution in [0.5, 0.6) is 0 Å². The van der Waals surface area contributed by atoms with Crippen molar-refractivity contribution < 1.29 is 35.9 Å². The highest BCUT2D eigenvalue weighted by Crippen LogP contribution is 2.53. The molecular formula is C14H20F6O2. The van der Waals surface area contributed by atoms with E-state index in [2.05, 4.69) is 6.58 Å². The predicted molar refractivity (Wildman–Crippen MR) is 69.1 cm³/mol. The van der Waals surface area contributed by atoms with E-state index in [1.165, 1.54) is 0 Å². The minimum Gasteiger partial charge on any atom is -0.459 e. The zero-order chi connectivity index (χ0) is 17.8. The van der Waals surface area contributed by atoms with Gasteiger partial charge in [-0.15, -0.1) is 0 Å². The molecule has 0 rings (SSSR count). The van der Waals surface area contributed by atoms with Crippen molar-refractivity contribution in [2.24, 2.45) is 5.41 Å². The molecule has 130 valence electrons. The fourth-order valence-electron chi connectivity index (χ4n) is 1.75. The van der Waals surface area contributed by atoms with Crippen molar-refractivity contribution in [2.45, 2.75) is 64.9 Å². The maximum absolute atomic E-state index is 12.9. The first kappa shape index (κ1) is 20.8. The first-order valence-electron chi connectivity index (χ1n) is 6.82. The van der Waals surface area contributed by atoms with Gasteiger partial charge in [-0.25, -0.2) is 4.79 Å². The molecule has 1 unspecified atom stereocenters. The number of alkyl halides is 6. The van der Waals surface area contributed by atoms with Crippen molar-refractivity contribution in [3.63, 3.8) is 0 Å². The SMILES string of the molecule is C=C(CC)C(=O)OC(CCC)CC(C)(C(F)(F)F)C(F)(F)F. The highest BCUT2D eigenvalue weighted by molar-refractivity contribution is 5.87. The second-order valence-corrected chi connectivity index (χ2v) is 5.30. The number of esters is 1. The van der Waals surface area contributed by atoms with Gasteiger partial charge in [-0.3, -0.25) is 0 Å². The van der Waals surface area contributed by atoms with E-state index in [4.69, 9.17) is 4.74 Å². The summed E-state index contributed by atoms with van der Waals surface area (Å²) >= 11 is 0. The van der Waals surface area contributed by atoms with Gasteiger partial charge in [-0.1, -0.05) is 26.8 Å².